The summed E-state index contributed by atoms with van der Waals surface area (Å²) in [5, 5.41) is 4.75. The Bertz CT molecular complexity index is 842. The van der Waals surface area contributed by atoms with Crippen molar-refractivity contribution in [1.82, 2.24) is 15.5 Å². The Balaban J connectivity index is 1.52. The zero-order chi connectivity index (χ0) is 21.7. The number of rotatable bonds is 5. The Kier molecular flexibility index (Phi) is 7.04. The summed E-state index contributed by atoms with van der Waals surface area (Å²) in [7, 11) is 0. The highest BCUT2D eigenvalue weighted by atomic mass is 32.2. The van der Waals surface area contributed by atoms with Crippen LogP contribution in [0.5, 0.6) is 0 Å². The number of nitrogens with zero attached hydrogens (tertiary/aromatic N) is 2. The van der Waals surface area contributed by atoms with Crippen LogP contribution in [-0.2, 0) is 9.53 Å². The molecule has 2 saturated heterocycles. The number of anilines is 1. The zero-order valence-electron chi connectivity index (χ0n) is 17.6. The minimum atomic E-state index is -0.497. The predicted molar refractivity (Wildman–Crippen MR) is 118 cm³/mol. The first-order valence-corrected chi connectivity index (χ1v) is 10.8. The zero-order valence-corrected chi connectivity index (χ0v) is 18.4. The lowest BCUT2D eigenvalue weighted by molar-refractivity contribution is -0.115. The van der Waals surface area contributed by atoms with Crippen molar-refractivity contribution in [3.05, 3.63) is 34.7 Å². The van der Waals surface area contributed by atoms with Gasteiger partial charge in [-0.1, -0.05) is 18.2 Å². The van der Waals surface area contributed by atoms with Crippen LogP contribution in [0.3, 0.4) is 0 Å². The number of thioether (sulfide) groups is 1. The molecule has 1 aromatic carbocycles. The van der Waals surface area contributed by atoms with E-state index in [1.54, 1.807) is 6.08 Å². The van der Waals surface area contributed by atoms with Gasteiger partial charge in [-0.05, 0) is 50.2 Å². The number of carbonyl (C=O) groups is 3. The number of ether oxygens (including phenoxy) is 1. The second kappa shape index (κ2) is 9.53. The van der Waals surface area contributed by atoms with Crippen molar-refractivity contribution in [3.63, 3.8) is 0 Å². The Morgan fingerprint density at radius 3 is 2.53 bits per heavy atom. The number of imide groups is 1. The van der Waals surface area contributed by atoms with Crippen LogP contribution in [0.2, 0.25) is 0 Å². The van der Waals surface area contributed by atoms with Gasteiger partial charge >= 0.3 is 6.09 Å². The van der Waals surface area contributed by atoms with Crippen molar-refractivity contribution in [3.8, 4) is 0 Å². The fraction of sp³-hybridized carbons (Fsp3) is 0.476. The third kappa shape index (κ3) is 6.24. The number of hydrogen-bond acceptors (Lipinski definition) is 7. The van der Waals surface area contributed by atoms with Gasteiger partial charge in [0.05, 0.1) is 4.91 Å². The van der Waals surface area contributed by atoms with Crippen LogP contribution in [0.1, 0.15) is 26.3 Å². The monoisotopic (exact) mass is 432 g/mol. The lowest BCUT2D eigenvalue weighted by Gasteiger charge is -2.36. The number of para-hydroxylation sites is 1. The average Bonchev–Trinajstić information content (AvgIpc) is 2.98. The highest BCUT2D eigenvalue weighted by Gasteiger charge is 2.26. The Hall–Kier alpha value is -2.52. The maximum Gasteiger partial charge on any atom is 0.407 e. The van der Waals surface area contributed by atoms with Crippen molar-refractivity contribution >= 4 is 40.8 Å². The molecule has 3 amide bonds. The highest BCUT2D eigenvalue weighted by Crippen LogP contribution is 2.30. The number of alkyl carbamates (subject to hydrolysis) is 1. The van der Waals surface area contributed by atoms with Crippen molar-refractivity contribution in [1.29, 1.82) is 0 Å². The van der Waals surface area contributed by atoms with E-state index in [-0.39, 0.29) is 11.1 Å². The molecule has 2 fully saturated rings. The van der Waals surface area contributed by atoms with E-state index in [2.05, 4.69) is 20.4 Å². The third-order valence-corrected chi connectivity index (χ3v) is 5.49. The summed E-state index contributed by atoms with van der Waals surface area (Å²) in [6.07, 6.45) is 1.38. The molecule has 162 valence electrons. The molecule has 1 aromatic rings. The maximum absolute atomic E-state index is 11.9. The van der Waals surface area contributed by atoms with Gasteiger partial charge in [0, 0.05) is 45.0 Å². The van der Waals surface area contributed by atoms with Crippen molar-refractivity contribution in [2.45, 2.75) is 26.4 Å². The van der Waals surface area contributed by atoms with Crippen molar-refractivity contribution < 1.29 is 19.1 Å². The number of carbonyl (C=O) groups excluding carboxylic acids is 3. The lowest BCUT2D eigenvalue weighted by Crippen LogP contribution is -2.48. The number of piperazine rings is 1. The number of hydrogen-bond donors (Lipinski definition) is 2. The first-order chi connectivity index (χ1) is 14.2. The van der Waals surface area contributed by atoms with E-state index in [4.69, 9.17) is 4.74 Å². The largest absolute Gasteiger partial charge is 0.444 e. The Morgan fingerprint density at radius 1 is 1.20 bits per heavy atom. The van der Waals surface area contributed by atoms with Gasteiger partial charge in [0.25, 0.3) is 11.1 Å². The van der Waals surface area contributed by atoms with Gasteiger partial charge in [-0.2, -0.15) is 0 Å². The molecule has 2 N–H and O–H groups in total. The molecule has 3 rings (SSSR count). The minimum absolute atomic E-state index is 0.336. The molecule has 0 unspecified atom stereocenters. The first kappa shape index (κ1) is 22.2. The van der Waals surface area contributed by atoms with E-state index in [9.17, 15) is 14.4 Å². The van der Waals surface area contributed by atoms with E-state index >= 15 is 0 Å². The average molecular weight is 433 g/mol. The molecule has 0 radical (unpaired) electrons. The molecule has 2 heterocycles. The quantitative estimate of drug-likeness (QED) is 0.691. The fourth-order valence-electron chi connectivity index (χ4n) is 3.30. The van der Waals surface area contributed by atoms with Crippen LogP contribution in [0.15, 0.2) is 29.2 Å². The summed E-state index contributed by atoms with van der Waals surface area (Å²) in [5.41, 5.74) is 1.47. The molecule has 0 saturated carbocycles. The second-order valence-electron chi connectivity index (χ2n) is 8.17. The molecular formula is C21H28N4O4S. The summed E-state index contributed by atoms with van der Waals surface area (Å²) < 4.78 is 5.25. The summed E-state index contributed by atoms with van der Waals surface area (Å²) in [5.74, 6) is -0.345. The standard InChI is InChI=1S/C21H28N4O4S/c1-21(2,3)29-19(27)22-8-9-24-10-12-25(13-11-24)16-7-5-4-6-15(16)14-17-18(26)23-20(28)30-17/h4-7,14H,8-13H2,1-3H3,(H,22,27)(H,23,26,28). The van der Waals surface area contributed by atoms with E-state index < -0.39 is 11.7 Å². The molecule has 2 aliphatic rings. The van der Waals surface area contributed by atoms with Gasteiger partial charge in [0.15, 0.2) is 0 Å². The Labute approximate surface area is 181 Å². The van der Waals surface area contributed by atoms with E-state index in [1.165, 1.54) is 0 Å². The Morgan fingerprint density at radius 2 is 1.90 bits per heavy atom. The van der Waals surface area contributed by atoms with Gasteiger partial charge in [0.1, 0.15) is 5.60 Å². The van der Waals surface area contributed by atoms with E-state index in [1.807, 2.05) is 45.0 Å². The van der Waals surface area contributed by atoms with Gasteiger partial charge < -0.3 is 15.0 Å². The fourth-order valence-corrected chi connectivity index (χ4v) is 3.98. The molecule has 0 bridgehead atoms. The van der Waals surface area contributed by atoms with Crippen molar-refractivity contribution in [2.24, 2.45) is 0 Å². The minimum Gasteiger partial charge on any atom is -0.444 e. The topological polar surface area (TPSA) is 91.0 Å². The molecule has 9 heteroatoms. The van der Waals surface area contributed by atoms with Gasteiger partial charge in [0.2, 0.25) is 0 Å². The molecule has 2 aliphatic heterocycles. The van der Waals surface area contributed by atoms with Gasteiger partial charge in [-0.25, -0.2) is 4.79 Å². The number of amides is 3. The molecule has 0 aromatic heterocycles. The van der Waals surface area contributed by atoms with E-state index in [0.717, 1.165) is 55.7 Å². The smallest absolute Gasteiger partial charge is 0.407 e. The molecule has 0 atom stereocenters. The van der Waals surface area contributed by atoms with Crippen LogP contribution in [0.4, 0.5) is 15.3 Å². The van der Waals surface area contributed by atoms with Crippen LogP contribution < -0.4 is 15.5 Å². The van der Waals surface area contributed by atoms with Crippen LogP contribution in [-0.4, -0.2) is 67.0 Å². The van der Waals surface area contributed by atoms with Crippen LogP contribution >= 0.6 is 11.8 Å². The molecule has 0 aliphatic carbocycles. The summed E-state index contributed by atoms with van der Waals surface area (Å²) in [6.45, 7) is 10.2. The third-order valence-electron chi connectivity index (χ3n) is 4.67. The molecule has 30 heavy (non-hydrogen) atoms. The molecule has 0 spiro atoms. The summed E-state index contributed by atoms with van der Waals surface area (Å²) in [4.78, 5) is 40.0. The van der Waals surface area contributed by atoms with Crippen LogP contribution in [0.25, 0.3) is 6.08 Å². The second-order valence-corrected chi connectivity index (χ2v) is 9.18. The predicted octanol–water partition coefficient (Wildman–Crippen LogP) is 2.66. The first-order valence-electron chi connectivity index (χ1n) is 9.99. The van der Waals surface area contributed by atoms with E-state index in [0.29, 0.717) is 11.4 Å². The maximum atomic E-state index is 11.9. The van der Waals surface area contributed by atoms with Gasteiger partial charge in [-0.15, -0.1) is 0 Å². The number of nitrogens with one attached hydrogen (secondary N) is 2. The SMILES string of the molecule is CC(C)(C)OC(=O)NCCN1CCN(c2ccccc2C=C2SC(=O)NC2=O)CC1. The normalized spacial score (nSPS) is 19.2. The van der Waals surface area contributed by atoms with Gasteiger partial charge in [-0.3, -0.25) is 19.8 Å². The number of benzene rings is 1. The molecular weight excluding hydrogens is 404 g/mol. The molecule has 8 nitrogen and oxygen atoms in total. The summed E-state index contributed by atoms with van der Waals surface area (Å²) >= 11 is 0.929. The van der Waals surface area contributed by atoms with Crippen molar-refractivity contribution in [2.75, 3.05) is 44.2 Å². The van der Waals surface area contributed by atoms with Crippen LogP contribution in [0, 0.1) is 0 Å². The highest BCUT2D eigenvalue weighted by molar-refractivity contribution is 8.18. The lowest BCUT2D eigenvalue weighted by atomic mass is 10.1. The summed E-state index contributed by atoms with van der Waals surface area (Å²) in [6, 6.07) is 7.89.